The average Bonchev–Trinajstić information content (AvgIpc) is 3.72. The number of rotatable bonds is 5. The number of pyridine rings is 1. The summed E-state index contributed by atoms with van der Waals surface area (Å²) >= 11 is 0. The van der Waals surface area contributed by atoms with Crippen molar-refractivity contribution < 1.29 is 4.42 Å². The van der Waals surface area contributed by atoms with E-state index in [1.165, 1.54) is 5.39 Å². The van der Waals surface area contributed by atoms with E-state index in [9.17, 15) is 0 Å². The van der Waals surface area contributed by atoms with Crippen LogP contribution in [0.25, 0.3) is 94.7 Å². The van der Waals surface area contributed by atoms with Gasteiger partial charge in [0, 0.05) is 61.9 Å². The highest BCUT2D eigenvalue weighted by Gasteiger charge is 2.23. The highest BCUT2D eigenvalue weighted by molar-refractivity contribution is 6.21. The summed E-state index contributed by atoms with van der Waals surface area (Å²) in [4.78, 5) is 19.5. The number of benzene rings is 6. The molecule has 10 rings (SSSR count). The molecule has 0 aliphatic heterocycles. The van der Waals surface area contributed by atoms with E-state index < -0.39 is 0 Å². The first-order chi connectivity index (χ1) is 24.8. The second-order valence-electron chi connectivity index (χ2n) is 12.3. The van der Waals surface area contributed by atoms with Crippen LogP contribution in [-0.4, -0.2) is 24.5 Å². The van der Waals surface area contributed by atoms with Gasteiger partial charge in [-0.2, -0.15) is 0 Å². The first-order valence-corrected chi connectivity index (χ1v) is 16.6. The largest absolute Gasteiger partial charge is 0.456 e. The first kappa shape index (κ1) is 28.1. The Labute approximate surface area is 287 Å². The van der Waals surface area contributed by atoms with E-state index in [0.717, 1.165) is 71.9 Å². The zero-order valence-electron chi connectivity index (χ0n) is 26.7. The van der Waals surface area contributed by atoms with Crippen LogP contribution < -0.4 is 0 Å². The van der Waals surface area contributed by atoms with Crippen LogP contribution in [0.15, 0.2) is 168 Å². The molecule has 50 heavy (non-hydrogen) atoms. The third-order valence-electron chi connectivity index (χ3n) is 9.35. The van der Waals surface area contributed by atoms with Gasteiger partial charge in [-0.25, -0.2) is 15.0 Å². The monoisotopic (exact) mass is 641 g/mol. The summed E-state index contributed by atoms with van der Waals surface area (Å²) in [6, 6.07) is 51.8. The van der Waals surface area contributed by atoms with Gasteiger partial charge in [0.1, 0.15) is 11.2 Å². The highest BCUT2D eigenvalue weighted by atomic mass is 16.3. The third-order valence-corrected chi connectivity index (χ3v) is 9.35. The van der Waals surface area contributed by atoms with Gasteiger partial charge < -0.3 is 8.98 Å². The molecule has 0 aliphatic rings. The van der Waals surface area contributed by atoms with Crippen LogP contribution in [0.5, 0.6) is 0 Å². The molecule has 0 bridgehead atoms. The van der Waals surface area contributed by atoms with Crippen LogP contribution >= 0.6 is 0 Å². The molecule has 0 amide bonds. The van der Waals surface area contributed by atoms with E-state index in [0.29, 0.717) is 17.5 Å². The van der Waals surface area contributed by atoms with E-state index in [-0.39, 0.29) is 0 Å². The number of hydrogen-bond acceptors (Lipinski definition) is 5. The average molecular weight is 642 g/mol. The highest BCUT2D eigenvalue weighted by Crippen LogP contribution is 2.44. The Hall–Kier alpha value is -6.92. The first-order valence-electron chi connectivity index (χ1n) is 16.6. The fourth-order valence-electron chi connectivity index (χ4n) is 7.12. The summed E-state index contributed by atoms with van der Waals surface area (Å²) in [6.45, 7) is 0. The minimum Gasteiger partial charge on any atom is -0.456 e. The Morgan fingerprint density at radius 1 is 0.440 bits per heavy atom. The lowest BCUT2D eigenvalue weighted by molar-refractivity contribution is 0.669. The van der Waals surface area contributed by atoms with Gasteiger partial charge in [-0.3, -0.25) is 4.98 Å². The molecule has 6 aromatic carbocycles. The molecule has 0 unspecified atom stereocenters. The molecule has 0 aliphatic carbocycles. The summed E-state index contributed by atoms with van der Waals surface area (Å²) in [6.07, 6.45) is 3.65. The fraction of sp³-hybridized carbons (Fsp3) is 0. The predicted octanol–water partition coefficient (Wildman–Crippen LogP) is 10.9. The number of fused-ring (bicyclic) bond motifs is 6. The van der Waals surface area contributed by atoms with Crippen molar-refractivity contribution >= 4 is 43.7 Å². The molecule has 234 valence electrons. The number of nitrogens with zero attached hydrogens (tertiary/aromatic N) is 5. The van der Waals surface area contributed by atoms with E-state index >= 15 is 0 Å². The van der Waals surface area contributed by atoms with E-state index in [1.54, 1.807) is 0 Å². The van der Waals surface area contributed by atoms with Crippen molar-refractivity contribution in [3.63, 3.8) is 0 Å². The van der Waals surface area contributed by atoms with Gasteiger partial charge in [0.2, 0.25) is 0 Å². The molecule has 0 fully saturated rings. The van der Waals surface area contributed by atoms with Gasteiger partial charge in [0.15, 0.2) is 17.5 Å². The Balaban J connectivity index is 1.31. The number of aromatic nitrogens is 5. The molecular weight excluding hydrogens is 615 g/mol. The van der Waals surface area contributed by atoms with Crippen LogP contribution in [0.4, 0.5) is 0 Å². The van der Waals surface area contributed by atoms with Crippen molar-refractivity contribution in [3.05, 3.63) is 164 Å². The topological polar surface area (TPSA) is 69.6 Å². The minimum atomic E-state index is 0.584. The molecule has 0 spiro atoms. The molecule has 0 radical (unpaired) electrons. The van der Waals surface area contributed by atoms with E-state index in [2.05, 4.69) is 82.3 Å². The van der Waals surface area contributed by atoms with Gasteiger partial charge in [0.25, 0.3) is 0 Å². The molecule has 4 aromatic heterocycles. The van der Waals surface area contributed by atoms with Crippen molar-refractivity contribution in [3.8, 4) is 51.0 Å². The third kappa shape index (κ3) is 4.50. The quantitative estimate of drug-likeness (QED) is 0.187. The molecular formula is C44H27N5O. The van der Waals surface area contributed by atoms with Gasteiger partial charge in [-0.05, 0) is 60.2 Å². The van der Waals surface area contributed by atoms with Crippen molar-refractivity contribution in [2.24, 2.45) is 0 Å². The summed E-state index contributed by atoms with van der Waals surface area (Å²) in [5.74, 6) is 1.81. The number of furan rings is 1. The van der Waals surface area contributed by atoms with Gasteiger partial charge in [-0.15, -0.1) is 0 Å². The lowest BCUT2D eigenvalue weighted by atomic mass is 9.94. The van der Waals surface area contributed by atoms with Crippen molar-refractivity contribution in [2.45, 2.75) is 0 Å². The van der Waals surface area contributed by atoms with Crippen LogP contribution in [0.2, 0.25) is 0 Å². The van der Waals surface area contributed by atoms with Crippen LogP contribution in [-0.2, 0) is 0 Å². The second-order valence-corrected chi connectivity index (χ2v) is 12.3. The molecule has 10 aromatic rings. The summed E-state index contributed by atoms with van der Waals surface area (Å²) < 4.78 is 9.02. The van der Waals surface area contributed by atoms with Crippen molar-refractivity contribution in [2.75, 3.05) is 0 Å². The Morgan fingerprint density at radius 2 is 1.06 bits per heavy atom. The maximum atomic E-state index is 6.69. The molecule has 6 nitrogen and oxygen atoms in total. The predicted molar refractivity (Wildman–Crippen MR) is 201 cm³/mol. The summed E-state index contributed by atoms with van der Waals surface area (Å²) in [7, 11) is 0. The second kappa shape index (κ2) is 11.4. The Bertz CT molecular complexity index is 2790. The standard InChI is InChI=1S/C44H27N5O/c1-4-12-29(13-5-1)42-46-43(30-14-6-2-7-15-30)48-44(47-42)33-20-21-38-41(40(33)28-22-24-45-25-23-28)35-26-37-34(27-39(35)50-38)32-18-10-11-19-36(32)49(37)31-16-8-3-9-17-31/h1-27H. The zero-order chi connectivity index (χ0) is 33.0. The smallest absolute Gasteiger partial charge is 0.164 e. The number of para-hydroxylation sites is 2. The summed E-state index contributed by atoms with van der Waals surface area (Å²) in [5, 5.41) is 4.33. The molecule has 0 N–H and O–H groups in total. The lowest BCUT2D eigenvalue weighted by Gasteiger charge is -2.13. The fourth-order valence-corrected chi connectivity index (χ4v) is 7.12. The molecule has 0 atom stereocenters. The Kier molecular flexibility index (Phi) is 6.39. The zero-order valence-corrected chi connectivity index (χ0v) is 26.7. The maximum Gasteiger partial charge on any atom is 0.164 e. The van der Waals surface area contributed by atoms with Crippen molar-refractivity contribution in [1.29, 1.82) is 0 Å². The molecule has 0 saturated heterocycles. The molecule has 6 heteroatoms. The van der Waals surface area contributed by atoms with E-state index in [1.807, 2.05) is 91.3 Å². The van der Waals surface area contributed by atoms with Crippen LogP contribution in [0, 0.1) is 0 Å². The molecule has 0 saturated carbocycles. The van der Waals surface area contributed by atoms with Gasteiger partial charge in [0.05, 0.1) is 11.0 Å². The normalized spacial score (nSPS) is 11.6. The van der Waals surface area contributed by atoms with Gasteiger partial charge in [-0.1, -0.05) is 97.1 Å². The van der Waals surface area contributed by atoms with Crippen LogP contribution in [0.3, 0.4) is 0 Å². The molecule has 4 heterocycles. The Morgan fingerprint density at radius 3 is 1.76 bits per heavy atom. The minimum absolute atomic E-state index is 0.584. The number of hydrogen-bond donors (Lipinski definition) is 0. The summed E-state index contributed by atoms with van der Waals surface area (Å²) in [5.41, 5.74) is 9.67. The van der Waals surface area contributed by atoms with Crippen LogP contribution in [0.1, 0.15) is 0 Å². The maximum absolute atomic E-state index is 6.69. The van der Waals surface area contributed by atoms with E-state index in [4.69, 9.17) is 19.4 Å². The SMILES string of the molecule is c1ccc(-c2nc(-c3ccccc3)nc(-c3ccc4oc5cc6c7ccccc7n(-c7ccccc7)c6cc5c4c3-c3ccncc3)n2)cc1. The lowest BCUT2D eigenvalue weighted by Crippen LogP contribution is -2.01. The van der Waals surface area contributed by atoms with Crippen molar-refractivity contribution in [1.82, 2.24) is 24.5 Å². The van der Waals surface area contributed by atoms with Gasteiger partial charge >= 0.3 is 0 Å².